The average molecular weight is 289 g/mol. The topological polar surface area (TPSA) is 32.5 Å². The minimum absolute atomic E-state index is 0.777. The summed E-state index contributed by atoms with van der Waals surface area (Å²) in [6.45, 7) is 6.92. The van der Waals surface area contributed by atoms with Crippen molar-refractivity contribution >= 4 is 5.69 Å². The van der Waals surface area contributed by atoms with Gasteiger partial charge in [0, 0.05) is 18.3 Å². The number of piperidine rings is 1. The van der Waals surface area contributed by atoms with Crippen LogP contribution in [0, 0.1) is 0 Å². The van der Waals surface area contributed by atoms with Gasteiger partial charge >= 0.3 is 0 Å². The van der Waals surface area contributed by atoms with Crippen LogP contribution < -0.4 is 5.73 Å². The molecule has 2 N–H and O–H groups in total. The summed E-state index contributed by atoms with van der Waals surface area (Å²) in [7, 11) is 2.28. The molecule has 0 aromatic heterocycles. The van der Waals surface area contributed by atoms with Crippen molar-refractivity contribution in [3.8, 4) is 0 Å². The van der Waals surface area contributed by atoms with E-state index in [4.69, 9.17) is 5.73 Å². The van der Waals surface area contributed by atoms with E-state index in [1.807, 2.05) is 6.07 Å². The fourth-order valence-corrected chi connectivity index (χ4v) is 3.38. The summed E-state index contributed by atoms with van der Waals surface area (Å²) in [6.07, 6.45) is 6.64. The fourth-order valence-electron chi connectivity index (χ4n) is 3.38. The summed E-state index contributed by atoms with van der Waals surface area (Å²) in [5.41, 5.74) is 8.10. The molecular weight excluding hydrogens is 258 g/mol. The van der Waals surface area contributed by atoms with E-state index in [-0.39, 0.29) is 0 Å². The second-order valence-corrected chi connectivity index (χ2v) is 6.44. The molecule has 2 rings (SSSR count). The first kappa shape index (κ1) is 16.3. The molecule has 3 nitrogen and oxygen atoms in total. The first-order valence-electron chi connectivity index (χ1n) is 8.46. The fraction of sp³-hybridized carbons (Fsp3) is 0.667. The molecule has 1 aromatic carbocycles. The van der Waals surface area contributed by atoms with Crippen LogP contribution in [-0.2, 0) is 6.54 Å². The maximum atomic E-state index is 5.89. The highest BCUT2D eigenvalue weighted by Gasteiger charge is 2.19. The van der Waals surface area contributed by atoms with Crippen molar-refractivity contribution in [2.45, 2.75) is 51.6 Å². The normalized spacial score (nSPS) is 20.0. The van der Waals surface area contributed by atoms with Crippen LogP contribution in [0.4, 0.5) is 5.69 Å². The molecule has 1 heterocycles. The van der Waals surface area contributed by atoms with Crippen LogP contribution in [0.3, 0.4) is 0 Å². The Hall–Kier alpha value is -1.06. The number of likely N-dealkylation sites (tertiary alicyclic amines) is 1. The van der Waals surface area contributed by atoms with Gasteiger partial charge in [0.1, 0.15) is 0 Å². The molecule has 1 unspecified atom stereocenters. The quantitative estimate of drug-likeness (QED) is 0.781. The van der Waals surface area contributed by atoms with Gasteiger partial charge in [-0.1, -0.05) is 25.5 Å². The van der Waals surface area contributed by atoms with Gasteiger partial charge in [-0.2, -0.15) is 0 Å². The number of nitrogens with two attached hydrogens (primary N) is 1. The van der Waals surface area contributed by atoms with Gasteiger partial charge in [-0.25, -0.2) is 0 Å². The van der Waals surface area contributed by atoms with Crippen LogP contribution in [0.25, 0.3) is 0 Å². The highest BCUT2D eigenvalue weighted by Crippen LogP contribution is 2.19. The first-order chi connectivity index (χ1) is 10.2. The lowest BCUT2D eigenvalue weighted by Crippen LogP contribution is -2.39. The third kappa shape index (κ3) is 5.33. The summed E-state index contributed by atoms with van der Waals surface area (Å²) in [6, 6.07) is 9.09. The molecule has 0 bridgehead atoms. The number of anilines is 1. The Balaban J connectivity index is 1.86. The van der Waals surface area contributed by atoms with Crippen LogP contribution in [0.5, 0.6) is 0 Å². The van der Waals surface area contributed by atoms with Crippen molar-refractivity contribution in [3.05, 3.63) is 29.8 Å². The Kier molecular flexibility index (Phi) is 6.52. The van der Waals surface area contributed by atoms with E-state index in [0.717, 1.165) is 18.3 Å². The van der Waals surface area contributed by atoms with Crippen molar-refractivity contribution in [2.24, 2.45) is 0 Å². The second-order valence-electron chi connectivity index (χ2n) is 6.44. The summed E-state index contributed by atoms with van der Waals surface area (Å²) < 4.78 is 0. The van der Waals surface area contributed by atoms with Crippen molar-refractivity contribution in [2.75, 3.05) is 32.4 Å². The molecule has 1 atom stereocenters. The number of hydrogen-bond donors (Lipinski definition) is 1. The molecule has 21 heavy (non-hydrogen) atoms. The summed E-state index contributed by atoms with van der Waals surface area (Å²) >= 11 is 0. The van der Waals surface area contributed by atoms with Gasteiger partial charge in [0.25, 0.3) is 0 Å². The minimum Gasteiger partial charge on any atom is -0.399 e. The molecule has 0 amide bonds. The third-order valence-corrected chi connectivity index (χ3v) is 4.60. The lowest BCUT2D eigenvalue weighted by atomic mass is 10.00. The highest BCUT2D eigenvalue weighted by atomic mass is 15.2. The number of nitrogens with zero attached hydrogens (tertiary/aromatic N) is 2. The highest BCUT2D eigenvalue weighted by molar-refractivity contribution is 5.40. The van der Waals surface area contributed by atoms with Crippen molar-refractivity contribution in [1.82, 2.24) is 9.80 Å². The molecule has 3 heteroatoms. The van der Waals surface area contributed by atoms with Crippen molar-refractivity contribution < 1.29 is 0 Å². The van der Waals surface area contributed by atoms with Gasteiger partial charge in [0.15, 0.2) is 0 Å². The van der Waals surface area contributed by atoms with Gasteiger partial charge in [-0.3, -0.25) is 4.90 Å². The van der Waals surface area contributed by atoms with Crippen molar-refractivity contribution in [1.29, 1.82) is 0 Å². The van der Waals surface area contributed by atoms with E-state index in [1.165, 1.54) is 57.3 Å². The molecule has 1 aliphatic heterocycles. The Morgan fingerprint density at radius 1 is 1.29 bits per heavy atom. The zero-order chi connectivity index (χ0) is 15.1. The SMILES string of the molecule is CCCN(CCC1CCCCN1C)Cc1cccc(N)c1. The number of nitrogen functional groups attached to an aromatic ring is 1. The molecule has 118 valence electrons. The number of benzene rings is 1. The van der Waals surface area contributed by atoms with Crippen LogP contribution in [0.1, 0.15) is 44.6 Å². The Morgan fingerprint density at radius 3 is 2.86 bits per heavy atom. The van der Waals surface area contributed by atoms with E-state index in [1.54, 1.807) is 0 Å². The van der Waals surface area contributed by atoms with E-state index >= 15 is 0 Å². The van der Waals surface area contributed by atoms with Gasteiger partial charge < -0.3 is 10.6 Å². The summed E-state index contributed by atoms with van der Waals surface area (Å²) in [5.74, 6) is 0. The third-order valence-electron chi connectivity index (χ3n) is 4.60. The molecule has 0 aliphatic carbocycles. The van der Waals surface area contributed by atoms with Crippen LogP contribution in [0.2, 0.25) is 0 Å². The van der Waals surface area contributed by atoms with E-state index in [9.17, 15) is 0 Å². The molecule has 0 saturated carbocycles. The van der Waals surface area contributed by atoms with Crippen LogP contribution in [-0.4, -0.2) is 42.5 Å². The standard InChI is InChI=1S/C18H31N3/c1-3-11-21(15-16-7-6-8-17(19)14-16)13-10-18-9-4-5-12-20(18)2/h6-8,14,18H,3-5,9-13,15,19H2,1-2H3. The van der Waals surface area contributed by atoms with E-state index in [0.29, 0.717) is 0 Å². The monoisotopic (exact) mass is 289 g/mol. The average Bonchev–Trinajstić information content (AvgIpc) is 2.46. The molecule has 1 fully saturated rings. The predicted octanol–water partition coefficient (Wildman–Crippen LogP) is 3.36. The molecule has 0 radical (unpaired) electrons. The van der Waals surface area contributed by atoms with Gasteiger partial charge in [-0.15, -0.1) is 0 Å². The maximum Gasteiger partial charge on any atom is 0.0317 e. The van der Waals surface area contributed by atoms with E-state index in [2.05, 4.69) is 42.0 Å². The van der Waals surface area contributed by atoms with Gasteiger partial charge in [0.2, 0.25) is 0 Å². The predicted molar refractivity (Wildman–Crippen MR) is 91.3 cm³/mol. The molecule has 1 saturated heterocycles. The van der Waals surface area contributed by atoms with Gasteiger partial charge in [-0.05, 0) is 70.1 Å². The lowest BCUT2D eigenvalue weighted by molar-refractivity contribution is 0.151. The Labute approximate surface area is 130 Å². The summed E-state index contributed by atoms with van der Waals surface area (Å²) in [5, 5.41) is 0. The molecule has 1 aliphatic rings. The summed E-state index contributed by atoms with van der Waals surface area (Å²) in [4.78, 5) is 5.13. The lowest BCUT2D eigenvalue weighted by Gasteiger charge is -2.34. The number of rotatable bonds is 7. The van der Waals surface area contributed by atoms with E-state index < -0.39 is 0 Å². The van der Waals surface area contributed by atoms with Crippen molar-refractivity contribution in [3.63, 3.8) is 0 Å². The zero-order valence-electron chi connectivity index (χ0n) is 13.7. The minimum atomic E-state index is 0.777. The Morgan fingerprint density at radius 2 is 2.14 bits per heavy atom. The molecular formula is C18H31N3. The molecule has 0 spiro atoms. The number of hydrogen-bond acceptors (Lipinski definition) is 3. The van der Waals surface area contributed by atoms with Gasteiger partial charge in [0.05, 0.1) is 0 Å². The largest absolute Gasteiger partial charge is 0.399 e. The Bertz CT molecular complexity index is 419. The second kappa shape index (κ2) is 8.40. The van der Waals surface area contributed by atoms with Crippen LogP contribution >= 0.6 is 0 Å². The zero-order valence-corrected chi connectivity index (χ0v) is 13.7. The maximum absolute atomic E-state index is 5.89. The smallest absolute Gasteiger partial charge is 0.0317 e. The first-order valence-corrected chi connectivity index (χ1v) is 8.46. The molecule has 1 aromatic rings. The van der Waals surface area contributed by atoms with Crippen LogP contribution in [0.15, 0.2) is 24.3 Å².